The molecule has 0 spiro atoms. The van der Waals surface area contributed by atoms with E-state index in [4.69, 9.17) is 28.4 Å². The third-order valence-corrected chi connectivity index (χ3v) is 25.8. The third kappa shape index (κ3) is 13.1. The molecule has 0 bridgehead atoms. The predicted octanol–water partition coefficient (Wildman–Crippen LogP) is 24.4. The van der Waals surface area contributed by atoms with Crippen LogP contribution in [0.25, 0.3) is 100 Å². The fraction of sp³-hybridized carbons (Fsp3) is 0.0609. The van der Waals surface area contributed by atoms with Gasteiger partial charge in [-0.2, -0.15) is 0 Å². The lowest BCUT2D eigenvalue weighted by atomic mass is 9.34. The van der Waals surface area contributed by atoms with Crippen LogP contribution in [-0.2, 0) is 0 Å². The Bertz CT molecular complexity index is 7360. The zero-order valence-corrected chi connectivity index (χ0v) is 70.0. The molecule has 6 aliphatic rings. The quantitative estimate of drug-likeness (QED) is 0.134. The van der Waals surface area contributed by atoms with Crippen molar-refractivity contribution in [1.82, 2.24) is 0 Å². The van der Waals surface area contributed by atoms with Gasteiger partial charge in [-0.3, -0.25) is 0 Å². The van der Waals surface area contributed by atoms with Gasteiger partial charge in [-0.1, -0.05) is 322 Å². The molecule has 124 heavy (non-hydrogen) atoms. The number of benzene rings is 18. The lowest BCUT2D eigenvalue weighted by Gasteiger charge is -2.34. The van der Waals surface area contributed by atoms with Crippen molar-refractivity contribution in [2.45, 2.75) is 48.5 Å². The van der Waals surface area contributed by atoms with Crippen LogP contribution in [0.4, 0.5) is 0 Å². The molecule has 0 saturated carbocycles. The summed E-state index contributed by atoms with van der Waals surface area (Å²) in [7, 11) is 0. The maximum Gasteiger partial charge on any atom is 0.260 e. The minimum absolute atomic E-state index is 0.00829. The summed E-state index contributed by atoms with van der Waals surface area (Å²) < 4.78 is 40.8. The molecule has 0 fully saturated rings. The molecule has 0 amide bonds. The van der Waals surface area contributed by atoms with E-state index in [0.717, 1.165) is 146 Å². The highest BCUT2D eigenvalue weighted by Gasteiger charge is 2.46. The summed E-state index contributed by atoms with van der Waals surface area (Å²) >= 11 is 0. The van der Waals surface area contributed by atoms with Crippen molar-refractivity contribution < 1.29 is 28.4 Å². The van der Waals surface area contributed by atoms with Crippen molar-refractivity contribution in [2.75, 3.05) is 0 Å². The monoisotopic (exact) mass is 1590 g/mol. The van der Waals surface area contributed by atoms with Crippen LogP contribution in [0.1, 0.15) is 38.9 Å². The van der Waals surface area contributed by atoms with Gasteiger partial charge >= 0.3 is 0 Å². The third-order valence-electron chi connectivity index (χ3n) is 25.8. The average Bonchev–Trinajstić information content (AvgIpc) is 0.723. The van der Waals surface area contributed by atoms with E-state index in [1.807, 2.05) is 0 Å². The number of aryl methyl sites for hydroxylation is 7. The van der Waals surface area contributed by atoms with Crippen LogP contribution >= 0.6 is 0 Å². The standard InChI is InChI=1S/C39H29BO2.2C38H27BO2/c1-24-11-4-7-14-29(24)27-19-20-35-34(21-27)40-33-18-10-17-32(31-16-9-6-13-26(31)3)39(33)42-37-23-28(22-36(41-35)38(37)40)30-15-8-5-12-25(30)2;1-24-11-6-8-15-29(24)27-19-20-34-33(21-27)39-32-18-10-17-31(26-13-4-3-5-14-26)38(32)41-36-23-28(22-35(40-34)37(36)39)30-16-9-7-12-25(30)2;1-24-11-6-8-15-29(24)28-22-35-37-36(23-28)41-38-31(30-16-9-7-12-25(30)2)17-10-18-32(38)39(37)33-21-27(19-20-34(33)40-35)26-13-4-3-5-14-26/h4-23H,1-3H3;2*3-23H,1-2H3. The number of rotatable bonds is 9. The number of ether oxygens (including phenoxy) is 6. The van der Waals surface area contributed by atoms with Gasteiger partial charge < -0.3 is 28.4 Å². The molecule has 6 heterocycles. The highest BCUT2D eigenvalue weighted by molar-refractivity contribution is 7.00. The van der Waals surface area contributed by atoms with Crippen LogP contribution in [0.15, 0.2) is 376 Å². The maximum atomic E-state index is 6.94. The fourth-order valence-corrected chi connectivity index (χ4v) is 19.7. The van der Waals surface area contributed by atoms with Crippen LogP contribution in [0.2, 0.25) is 0 Å². The summed E-state index contributed by atoms with van der Waals surface area (Å²) in [6, 6.07) is 133. The average molecular weight is 1590 g/mol. The Hall–Kier alpha value is -15.0. The first kappa shape index (κ1) is 75.2. The van der Waals surface area contributed by atoms with Crippen molar-refractivity contribution in [2.24, 2.45) is 0 Å². The SMILES string of the molecule is Cc1ccccc1-c1cc2c3c(c1)Oc1c(cccc1-c1ccccc1)B3c1cc(-c3ccccc3C)ccc1O2.Cc1ccccc1-c1cc2c3c(c1)Oc1c(cccc1-c1ccccc1C)B3c1cc(-c3ccccc3)ccc1O2.Cc1ccccc1-c1cc2c3c(c1)Oc1c(cccc1-c1ccccc1C)B3c1cc(-c3ccccc3C)ccc1O2. The molecule has 9 heteroatoms. The van der Waals surface area contributed by atoms with Gasteiger partial charge in [0.2, 0.25) is 0 Å². The second kappa shape index (κ2) is 30.9. The van der Waals surface area contributed by atoms with E-state index in [0.29, 0.717) is 0 Å². The normalized spacial score (nSPS) is 12.5. The van der Waals surface area contributed by atoms with Crippen LogP contribution in [0.3, 0.4) is 0 Å². The minimum atomic E-state index is -0.0126. The maximum absolute atomic E-state index is 6.94. The largest absolute Gasteiger partial charge is 0.458 e. The zero-order chi connectivity index (χ0) is 83.4. The molecule has 0 aliphatic carbocycles. The van der Waals surface area contributed by atoms with E-state index in [1.54, 1.807) is 0 Å². The summed E-state index contributed by atoms with van der Waals surface area (Å²) in [4.78, 5) is 0. The number of hydrogen-bond donors (Lipinski definition) is 0. The van der Waals surface area contributed by atoms with E-state index in [2.05, 4.69) is 425 Å². The molecule has 0 saturated heterocycles. The Balaban J connectivity index is 0.000000111. The topological polar surface area (TPSA) is 55.4 Å². The first-order chi connectivity index (χ1) is 60.9. The zero-order valence-electron chi connectivity index (χ0n) is 70.0. The summed E-state index contributed by atoms with van der Waals surface area (Å²) in [5.74, 6) is 10.6. The Morgan fingerprint density at radius 2 is 0.387 bits per heavy atom. The van der Waals surface area contributed by atoms with Gasteiger partial charge in [0.15, 0.2) is 0 Å². The van der Waals surface area contributed by atoms with Gasteiger partial charge in [0, 0.05) is 33.1 Å². The molecule has 18 aromatic carbocycles. The highest BCUT2D eigenvalue weighted by Crippen LogP contribution is 2.48. The van der Waals surface area contributed by atoms with E-state index in [-0.39, 0.29) is 20.1 Å². The molecule has 6 nitrogen and oxygen atoms in total. The fourth-order valence-electron chi connectivity index (χ4n) is 19.7. The lowest BCUT2D eigenvalue weighted by Crippen LogP contribution is -2.57. The molecule has 0 aromatic heterocycles. The summed E-state index contributed by atoms with van der Waals surface area (Å²) in [6.07, 6.45) is 0. The van der Waals surface area contributed by atoms with Crippen LogP contribution in [0, 0.1) is 48.5 Å². The van der Waals surface area contributed by atoms with E-state index in [1.165, 1.54) is 111 Å². The number of fused-ring (bicyclic) bond motifs is 12. The van der Waals surface area contributed by atoms with Crippen LogP contribution in [-0.4, -0.2) is 20.1 Å². The highest BCUT2D eigenvalue weighted by atomic mass is 16.5. The molecule has 6 aliphatic heterocycles. The molecule has 588 valence electrons. The lowest BCUT2D eigenvalue weighted by molar-refractivity contribution is 0.465. The van der Waals surface area contributed by atoms with E-state index >= 15 is 0 Å². The van der Waals surface area contributed by atoms with Gasteiger partial charge in [0.25, 0.3) is 20.1 Å². The molecule has 0 radical (unpaired) electrons. The van der Waals surface area contributed by atoms with Crippen LogP contribution in [0.5, 0.6) is 69.0 Å². The summed E-state index contributed by atoms with van der Waals surface area (Å²) in [6.45, 7) is 15.1. The molecule has 18 aromatic rings. The van der Waals surface area contributed by atoms with Gasteiger partial charge in [0.1, 0.15) is 69.0 Å². The van der Waals surface area contributed by atoms with Gasteiger partial charge in [0.05, 0.1) is 0 Å². The Labute approximate surface area is 725 Å². The Morgan fingerprint density at radius 1 is 0.145 bits per heavy atom. The van der Waals surface area contributed by atoms with Crippen molar-refractivity contribution in [3.8, 4) is 169 Å². The van der Waals surface area contributed by atoms with E-state index in [9.17, 15) is 0 Å². The van der Waals surface area contributed by atoms with Crippen molar-refractivity contribution in [3.05, 3.63) is 415 Å². The molecule has 24 rings (SSSR count). The van der Waals surface area contributed by atoms with Crippen molar-refractivity contribution >= 4 is 69.3 Å². The molecular formula is C115H83B3O6. The predicted molar refractivity (Wildman–Crippen MR) is 514 cm³/mol. The summed E-state index contributed by atoms with van der Waals surface area (Å²) in [5, 5.41) is 0. The molecular weight excluding hydrogens is 1510 g/mol. The Kier molecular flexibility index (Phi) is 18.7. The van der Waals surface area contributed by atoms with Crippen molar-refractivity contribution in [1.29, 1.82) is 0 Å². The van der Waals surface area contributed by atoms with Crippen molar-refractivity contribution in [3.63, 3.8) is 0 Å². The molecule has 0 atom stereocenters. The van der Waals surface area contributed by atoms with E-state index < -0.39 is 0 Å². The summed E-state index contributed by atoms with van der Waals surface area (Å²) in [5.41, 5.74) is 39.8. The molecule has 0 unspecified atom stereocenters. The second-order valence-corrected chi connectivity index (χ2v) is 33.4. The first-order valence-corrected chi connectivity index (χ1v) is 42.8. The van der Waals surface area contributed by atoms with Gasteiger partial charge in [-0.15, -0.1) is 0 Å². The second-order valence-electron chi connectivity index (χ2n) is 33.4. The Morgan fingerprint density at radius 3 is 0.710 bits per heavy atom. The van der Waals surface area contributed by atoms with Gasteiger partial charge in [-0.05, 0) is 258 Å². The first-order valence-electron chi connectivity index (χ1n) is 42.8. The minimum Gasteiger partial charge on any atom is -0.458 e. The smallest absolute Gasteiger partial charge is 0.260 e. The van der Waals surface area contributed by atoms with Gasteiger partial charge in [-0.25, -0.2) is 0 Å². The molecule has 0 N–H and O–H groups in total. The number of para-hydroxylation sites is 3. The van der Waals surface area contributed by atoms with Crippen LogP contribution < -0.4 is 77.6 Å². The number of hydrogen-bond acceptors (Lipinski definition) is 6.